The van der Waals surface area contributed by atoms with Gasteiger partial charge in [0.15, 0.2) is 0 Å². The lowest BCUT2D eigenvalue weighted by atomic mass is 9.79. The summed E-state index contributed by atoms with van der Waals surface area (Å²) in [5, 5.41) is 20.2. The van der Waals surface area contributed by atoms with Gasteiger partial charge in [0, 0.05) is 31.5 Å². The van der Waals surface area contributed by atoms with Crippen molar-refractivity contribution in [2.75, 3.05) is 0 Å². The summed E-state index contributed by atoms with van der Waals surface area (Å²) in [6.45, 7) is 8.57. The van der Waals surface area contributed by atoms with Crippen molar-refractivity contribution in [3.63, 3.8) is 0 Å². The van der Waals surface area contributed by atoms with Gasteiger partial charge in [0.2, 0.25) is 0 Å². The van der Waals surface area contributed by atoms with E-state index in [0.717, 1.165) is 19.0 Å². The summed E-state index contributed by atoms with van der Waals surface area (Å²) in [6.07, 6.45) is 2.79. The Balaban J connectivity index is 2.19. The average Bonchev–Trinajstić information content (AvgIpc) is 2.66. The fraction of sp³-hybridized carbons (Fsp3) is 0.667. The van der Waals surface area contributed by atoms with Crippen molar-refractivity contribution in [3.8, 4) is 0 Å². The second-order valence-electron chi connectivity index (χ2n) is 7.52. The second kappa shape index (κ2) is 5.39. The predicted molar refractivity (Wildman–Crippen MR) is 78.1 cm³/mol. The summed E-state index contributed by atoms with van der Waals surface area (Å²) in [5.41, 5.74) is -0.113. The molecule has 0 aliphatic carbocycles. The molecule has 22 heavy (non-hydrogen) atoms. The Morgan fingerprint density at radius 3 is 2.36 bits per heavy atom. The third-order valence-corrected chi connectivity index (χ3v) is 4.04. The van der Waals surface area contributed by atoms with Gasteiger partial charge in [-0.25, -0.2) is 0 Å². The van der Waals surface area contributed by atoms with Crippen LogP contribution in [0.5, 0.6) is 0 Å². The van der Waals surface area contributed by atoms with Crippen LogP contribution in [-0.4, -0.2) is 38.8 Å². The number of carbonyl (C=O) groups is 2. The number of piperidine rings is 1. The summed E-state index contributed by atoms with van der Waals surface area (Å²) in [6, 6.07) is -0.00740. The number of rotatable bonds is 3. The third kappa shape index (κ3) is 3.47. The number of carboxylic acid groups (broad SMARTS) is 1. The van der Waals surface area contributed by atoms with Gasteiger partial charge in [-0.2, -0.15) is 5.10 Å². The van der Waals surface area contributed by atoms with Gasteiger partial charge in [-0.15, -0.1) is 0 Å². The molecule has 1 aliphatic rings. The molecule has 0 saturated carbocycles. The predicted octanol–water partition coefficient (Wildman–Crippen LogP) is -1.20. The van der Waals surface area contributed by atoms with Gasteiger partial charge in [0.25, 0.3) is 5.91 Å². The highest BCUT2D eigenvalue weighted by Crippen LogP contribution is 2.22. The molecular weight excluding hydrogens is 284 g/mol. The van der Waals surface area contributed by atoms with Gasteiger partial charge in [-0.1, -0.05) is 0 Å². The SMILES string of the molecule is Cn1ncc(C(=O)[O-])c1C(=O)NC1CC(C)(C)[NH2+]C(C)(C)C1. The Labute approximate surface area is 130 Å². The maximum atomic E-state index is 12.5. The van der Waals surface area contributed by atoms with Crippen molar-refractivity contribution in [2.45, 2.75) is 57.7 Å². The van der Waals surface area contributed by atoms with Crippen LogP contribution in [0.2, 0.25) is 0 Å². The number of aromatic nitrogens is 2. The number of hydrogen-bond donors (Lipinski definition) is 2. The third-order valence-electron chi connectivity index (χ3n) is 4.04. The van der Waals surface area contributed by atoms with Crippen molar-refractivity contribution >= 4 is 11.9 Å². The van der Waals surface area contributed by atoms with Crippen molar-refractivity contribution < 1.29 is 20.0 Å². The number of carbonyl (C=O) groups excluding carboxylic acids is 2. The van der Waals surface area contributed by atoms with Gasteiger partial charge in [-0.3, -0.25) is 9.48 Å². The molecule has 1 aromatic rings. The average molecular weight is 308 g/mol. The van der Waals surface area contributed by atoms with Crippen molar-refractivity contribution in [3.05, 3.63) is 17.5 Å². The van der Waals surface area contributed by atoms with E-state index in [1.165, 1.54) is 4.68 Å². The van der Waals surface area contributed by atoms with E-state index in [2.05, 4.69) is 43.4 Å². The number of aromatic carboxylic acids is 1. The summed E-state index contributed by atoms with van der Waals surface area (Å²) in [7, 11) is 1.55. The molecule has 0 bridgehead atoms. The van der Waals surface area contributed by atoms with Crippen LogP contribution in [0.15, 0.2) is 6.20 Å². The van der Waals surface area contributed by atoms with Crippen LogP contribution in [0.1, 0.15) is 61.4 Å². The first kappa shape index (κ1) is 16.5. The minimum atomic E-state index is -1.39. The van der Waals surface area contributed by atoms with Crippen LogP contribution in [0, 0.1) is 0 Å². The molecule has 1 saturated heterocycles. The van der Waals surface area contributed by atoms with Crippen molar-refractivity contribution in [1.29, 1.82) is 0 Å². The Hall–Kier alpha value is -1.89. The standard InChI is InChI=1S/C15H24N4O3/c1-14(2)6-9(7-15(3,4)18-14)17-12(20)11-10(13(21)22)8-16-19(11)5/h8-9,18H,6-7H2,1-5H3,(H,17,20)(H,21,22). The van der Waals surface area contributed by atoms with E-state index < -0.39 is 11.9 Å². The first-order valence-electron chi connectivity index (χ1n) is 7.42. The van der Waals surface area contributed by atoms with E-state index in [4.69, 9.17) is 0 Å². The number of nitrogens with two attached hydrogens (primary N) is 1. The van der Waals surface area contributed by atoms with E-state index in [1.807, 2.05) is 0 Å². The molecule has 0 unspecified atom stereocenters. The minimum absolute atomic E-state index is 0.00740. The Kier molecular flexibility index (Phi) is 4.04. The molecule has 0 radical (unpaired) electrons. The van der Waals surface area contributed by atoms with E-state index in [0.29, 0.717) is 0 Å². The fourth-order valence-corrected chi connectivity index (χ4v) is 3.73. The number of amides is 1. The van der Waals surface area contributed by atoms with Crippen LogP contribution >= 0.6 is 0 Å². The zero-order valence-electron chi connectivity index (χ0n) is 13.8. The Morgan fingerprint density at radius 2 is 1.86 bits per heavy atom. The fourth-order valence-electron chi connectivity index (χ4n) is 3.73. The molecule has 2 rings (SSSR count). The summed E-state index contributed by atoms with van der Waals surface area (Å²) < 4.78 is 1.27. The Bertz CT molecular complexity index is 588. The highest BCUT2D eigenvalue weighted by Gasteiger charge is 2.42. The molecule has 0 aromatic carbocycles. The Morgan fingerprint density at radius 1 is 1.32 bits per heavy atom. The number of carboxylic acids is 1. The van der Waals surface area contributed by atoms with Crippen molar-refractivity contribution in [1.82, 2.24) is 15.1 Å². The molecule has 0 spiro atoms. The maximum absolute atomic E-state index is 12.5. The number of aryl methyl sites for hydroxylation is 1. The molecule has 1 aromatic heterocycles. The topological polar surface area (TPSA) is 104 Å². The molecule has 1 amide bonds. The molecule has 2 heterocycles. The molecule has 1 aliphatic heterocycles. The van der Waals surface area contributed by atoms with Gasteiger partial charge >= 0.3 is 0 Å². The lowest BCUT2D eigenvalue weighted by Gasteiger charge is -2.43. The lowest BCUT2D eigenvalue weighted by molar-refractivity contribution is -0.787. The molecular formula is C15H24N4O3. The number of quaternary nitrogens is 1. The molecule has 7 nitrogen and oxygen atoms in total. The minimum Gasteiger partial charge on any atom is -0.545 e. The highest BCUT2D eigenvalue weighted by atomic mass is 16.4. The first-order chi connectivity index (χ1) is 10.0. The summed E-state index contributed by atoms with van der Waals surface area (Å²) >= 11 is 0. The highest BCUT2D eigenvalue weighted by molar-refractivity contribution is 6.02. The number of hydrogen-bond acceptors (Lipinski definition) is 4. The molecule has 1 fully saturated rings. The molecule has 7 heteroatoms. The summed E-state index contributed by atoms with van der Waals surface area (Å²) in [4.78, 5) is 23.6. The maximum Gasteiger partial charge on any atom is 0.270 e. The van der Waals surface area contributed by atoms with E-state index >= 15 is 0 Å². The number of nitrogens with one attached hydrogen (secondary N) is 1. The zero-order valence-corrected chi connectivity index (χ0v) is 13.8. The van der Waals surface area contributed by atoms with Gasteiger partial charge < -0.3 is 20.5 Å². The van der Waals surface area contributed by atoms with Gasteiger partial charge in [0.1, 0.15) is 5.69 Å². The first-order valence-corrected chi connectivity index (χ1v) is 7.42. The monoisotopic (exact) mass is 308 g/mol. The molecule has 0 atom stereocenters. The van der Waals surface area contributed by atoms with Crippen molar-refractivity contribution in [2.24, 2.45) is 7.05 Å². The van der Waals surface area contributed by atoms with E-state index in [-0.39, 0.29) is 28.4 Å². The molecule has 3 N–H and O–H groups in total. The van der Waals surface area contributed by atoms with E-state index in [9.17, 15) is 14.7 Å². The summed E-state index contributed by atoms with van der Waals surface area (Å²) in [5.74, 6) is -1.81. The van der Waals surface area contributed by atoms with Crippen LogP contribution in [0.3, 0.4) is 0 Å². The van der Waals surface area contributed by atoms with Gasteiger partial charge in [-0.05, 0) is 27.7 Å². The van der Waals surface area contributed by atoms with Crippen LogP contribution < -0.4 is 15.7 Å². The lowest BCUT2D eigenvalue weighted by Crippen LogP contribution is -3.06. The zero-order chi connectivity index (χ0) is 16.7. The normalized spacial score (nSPS) is 20.6. The van der Waals surface area contributed by atoms with Crippen LogP contribution in [0.25, 0.3) is 0 Å². The second-order valence-corrected chi connectivity index (χ2v) is 7.52. The van der Waals surface area contributed by atoms with Crippen LogP contribution in [0.4, 0.5) is 0 Å². The van der Waals surface area contributed by atoms with Gasteiger partial charge in [0.05, 0.1) is 23.2 Å². The smallest absolute Gasteiger partial charge is 0.270 e. The van der Waals surface area contributed by atoms with Crippen LogP contribution in [-0.2, 0) is 7.05 Å². The number of nitrogens with zero attached hydrogens (tertiary/aromatic N) is 2. The largest absolute Gasteiger partial charge is 0.545 e. The van der Waals surface area contributed by atoms with E-state index in [1.54, 1.807) is 7.05 Å². The molecule has 122 valence electrons. The quantitative estimate of drug-likeness (QED) is 0.731.